The van der Waals surface area contributed by atoms with Crippen LogP contribution in [0.3, 0.4) is 0 Å². The van der Waals surface area contributed by atoms with Crippen LogP contribution in [0.1, 0.15) is 37.1 Å². The standard InChI is InChI=1S/C15H23N3OS/c1-12-9-17-14(10-16-12)11-18-13-2-5-19-15(8-13)3-6-20-7-4-15/h9-10,13,18H,2-8,11H2,1H3. The van der Waals surface area contributed by atoms with E-state index in [1.807, 2.05) is 19.3 Å². The summed E-state index contributed by atoms with van der Waals surface area (Å²) in [4.78, 5) is 8.70. The topological polar surface area (TPSA) is 47.0 Å². The molecule has 110 valence electrons. The summed E-state index contributed by atoms with van der Waals surface area (Å²) in [6, 6.07) is 0.551. The SMILES string of the molecule is Cc1cnc(CNC2CCOC3(CCSCC3)C2)cn1. The Morgan fingerprint density at radius 3 is 2.95 bits per heavy atom. The first kappa shape index (κ1) is 14.3. The minimum absolute atomic E-state index is 0.153. The van der Waals surface area contributed by atoms with Crippen LogP contribution in [0.2, 0.25) is 0 Å². The molecule has 0 aliphatic carbocycles. The molecule has 2 fully saturated rings. The fraction of sp³-hybridized carbons (Fsp3) is 0.733. The van der Waals surface area contributed by atoms with Crippen LogP contribution in [-0.2, 0) is 11.3 Å². The molecular formula is C15H23N3OS. The number of nitrogens with one attached hydrogen (secondary N) is 1. The van der Waals surface area contributed by atoms with Crippen LogP contribution in [0.5, 0.6) is 0 Å². The van der Waals surface area contributed by atoms with Crippen molar-refractivity contribution in [1.29, 1.82) is 0 Å². The lowest BCUT2D eigenvalue weighted by Crippen LogP contribution is -2.48. The predicted octanol–water partition coefficient (Wildman–Crippen LogP) is 2.32. The molecule has 1 unspecified atom stereocenters. The van der Waals surface area contributed by atoms with Crippen LogP contribution in [0.25, 0.3) is 0 Å². The first-order chi connectivity index (χ1) is 9.76. The maximum absolute atomic E-state index is 6.12. The molecule has 20 heavy (non-hydrogen) atoms. The van der Waals surface area contributed by atoms with Gasteiger partial charge in [-0.15, -0.1) is 0 Å². The summed E-state index contributed by atoms with van der Waals surface area (Å²) < 4.78 is 6.12. The van der Waals surface area contributed by atoms with Crippen molar-refractivity contribution < 1.29 is 4.74 Å². The number of aryl methyl sites for hydroxylation is 1. The number of hydrogen-bond donors (Lipinski definition) is 1. The largest absolute Gasteiger partial charge is 0.375 e. The molecule has 0 saturated carbocycles. The second-order valence-electron chi connectivity index (χ2n) is 5.86. The van der Waals surface area contributed by atoms with Gasteiger partial charge in [-0.05, 0) is 44.1 Å². The molecule has 1 atom stereocenters. The highest BCUT2D eigenvalue weighted by Crippen LogP contribution is 2.37. The molecule has 1 spiro atoms. The van der Waals surface area contributed by atoms with Crippen LogP contribution in [0, 0.1) is 6.92 Å². The van der Waals surface area contributed by atoms with Crippen molar-refractivity contribution >= 4 is 11.8 Å². The Kier molecular flexibility index (Phi) is 4.58. The Morgan fingerprint density at radius 1 is 1.35 bits per heavy atom. The van der Waals surface area contributed by atoms with E-state index in [2.05, 4.69) is 27.0 Å². The third-order valence-corrected chi connectivity index (χ3v) is 5.29. The number of hydrogen-bond acceptors (Lipinski definition) is 5. The minimum Gasteiger partial charge on any atom is -0.375 e. The number of thioether (sulfide) groups is 1. The molecule has 2 aliphatic heterocycles. The first-order valence-corrected chi connectivity index (χ1v) is 8.64. The zero-order chi connectivity index (χ0) is 13.8. The van der Waals surface area contributed by atoms with E-state index in [9.17, 15) is 0 Å². The average Bonchev–Trinajstić information content (AvgIpc) is 2.48. The molecule has 4 nitrogen and oxygen atoms in total. The van der Waals surface area contributed by atoms with Gasteiger partial charge in [-0.25, -0.2) is 0 Å². The van der Waals surface area contributed by atoms with Gasteiger partial charge in [0.05, 0.1) is 17.0 Å². The Labute approximate surface area is 125 Å². The number of nitrogens with zero attached hydrogens (tertiary/aromatic N) is 2. The highest BCUT2D eigenvalue weighted by molar-refractivity contribution is 7.99. The normalized spacial score (nSPS) is 25.8. The third-order valence-electron chi connectivity index (χ3n) is 4.30. The van der Waals surface area contributed by atoms with E-state index in [0.29, 0.717) is 6.04 Å². The quantitative estimate of drug-likeness (QED) is 0.927. The summed E-state index contributed by atoms with van der Waals surface area (Å²) in [6.07, 6.45) is 8.37. The highest BCUT2D eigenvalue weighted by atomic mass is 32.2. The van der Waals surface area contributed by atoms with Crippen LogP contribution in [0.15, 0.2) is 12.4 Å². The van der Waals surface area contributed by atoms with E-state index in [4.69, 9.17) is 4.74 Å². The Balaban J connectivity index is 1.53. The molecule has 3 rings (SSSR count). The van der Waals surface area contributed by atoms with E-state index in [0.717, 1.165) is 37.4 Å². The molecule has 1 aromatic rings. The van der Waals surface area contributed by atoms with E-state index in [-0.39, 0.29) is 5.60 Å². The highest BCUT2D eigenvalue weighted by Gasteiger charge is 2.38. The van der Waals surface area contributed by atoms with Gasteiger partial charge in [-0.1, -0.05) is 0 Å². The zero-order valence-electron chi connectivity index (χ0n) is 12.1. The first-order valence-electron chi connectivity index (χ1n) is 7.48. The van der Waals surface area contributed by atoms with Crippen LogP contribution < -0.4 is 5.32 Å². The smallest absolute Gasteiger partial charge is 0.0724 e. The lowest BCUT2D eigenvalue weighted by Gasteiger charge is -2.43. The van der Waals surface area contributed by atoms with Crippen LogP contribution >= 0.6 is 11.8 Å². The van der Waals surface area contributed by atoms with E-state index in [1.54, 1.807) is 0 Å². The average molecular weight is 293 g/mol. The second kappa shape index (κ2) is 6.41. The molecule has 0 radical (unpaired) electrons. The molecule has 1 aromatic heterocycles. The Hall–Kier alpha value is -0.650. The summed E-state index contributed by atoms with van der Waals surface area (Å²) in [6.45, 7) is 3.66. The van der Waals surface area contributed by atoms with E-state index in [1.165, 1.54) is 24.3 Å². The molecule has 3 heterocycles. The number of ether oxygens (including phenoxy) is 1. The predicted molar refractivity (Wildman–Crippen MR) is 81.9 cm³/mol. The number of aromatic nitrogens is 2. The van der Waals surface area contributed by atoms with Crippen LogP contribution in [-0.4, -0.2) is 39.7 Å². The molecule has 0 aromatic carbocycles. The zero-order valence-corrected chi connectivity index (χ0v) is 12.9. The summed E-state index contributed by atoms with van der Waals surface area (Å²) in [5.74, 6) is 2.49. The maximum Gasteiger partial charge on any atom is 0.0724 e. The van der Waals surface area contributed by atoms with E-state index < -0.39 is 0 Å². The molecule has 0 amide bonds. The van der Waals surface area contributed by atoms with E-state index >= 15 is 0 Å². The van der Waals surface area contributed by atoms with Gasteiger partial charge in [0.1, 0.15) is 0 Å². The van der Waals surface area contributed by atoms with Gasteiger partial charge >= 0.3 is 0 Å². The van der Waals surface area contributed by atoms with Crippen LogP contribution in [0.4, 0.5) is 0 Å². The Bertz CT molecular complexity index is 426. The van der Waals surface area contributed by atoms with Crippen molar-refractivity contribution in [2.24, 2.45) is 0 Å². The number of rotatable bonds is 3. The molecule has 2 aliphatic rings. The van der Waals surface area contributed by atoms with Crippen molar-refractivity contribution in [3.05, 3.63) is 23.8 Å². The second-order valence-corrected chi connectivity index (χ2v) is 7.09. The monoisotopic (exact) mass is 293 g/mol. The fourth-order valence-electron chi connectivity index (χ4n) is 3.05. The summed E-state index contributed by atoms with van der Waals surface area (Å²) in [5.41, 5.74) is 2.15. The molecule has 1 N–H and O–H groups in total. The van der Waals surface area contributed by atoms with Gasteiger partial charge in [0.25, 0.3) is 0 Å². The van der Waals surface area contributed by atoms with Crippen molar-refractivity contribution in [3.63, 3.8) is 0 Å². The fourth-order valence-corrected chi connectivity index (χ4v) is 4.29. The van der Waals surface area contributed by atoms with Crippen molar-refractivity contribution in [3.8, 4) is 0 Å². The molecule has 2 saturated heterocycles. The summed E-state index contributed by atoms with van der Waals surface area (Å²) >= 11 is 2.06. The van der Waals surface area contributed by atoms with Gasteiger partial charge in [0.15, 0.2) is 0 Å². The van der Waals surface area contributed by atoms with Crippen molar-refractivity contribution in [1.82, 2.24) is 15.3 Å². The van der Waals surface area contributed by atoms with Gasteiger partial charge in [-0.2, -0.15) is 11.8 Å². The summed E-state index contributed by atoms with van der Waals surface area (Å²) in [7, 11) is 0. The molecular weight excluding hydrogens is 270 g/mol. The maximum atomic E-state index is 6.12. The third kappa shape index (κ3) is 3.51. The molecule has 5 heteroatoms. The van der Waals surface area contributed by atoms with Gasteiger partial charge in [0.2, 0.25) is 0 Å². The minimum atomic E-state index is 0.153. The lowest BCUT2D eigenvalue weighted by atomic mass is 9.85. The Morgan fingerprint density at radius 2 is 2.20 bits per heavy atom. The van der Waals surface area contributed by atoms with Gasteiger partial charge in [0, 0.05) is 31.6 Å². The van der Waals surface area contributed by atoms with Crippen molar-refractivity contribution in [2.45, 2.75) is 50.8 Å². The summed E-state index contributed by atoms with van der Waals surface area (Å²) in [5, 5.41) is 3.64. The lowest BCUT2D eigenvalue weighted by molar-refractivity contribution is -0.0933. The van der Waals surface area contributed by atoms with Gasteiger partial charge < -0.3 is 10.1 Å². The van der Waals surface area contributed by atoms with Gasteiger partial charge in [-0.3, -0.25) is 9.97 Å². The molecule has 0 bridgehead atoms. The van der Waals surface area contributed by atoms with Crippen molar-refractivity contribution in [2.75, 3.05) is 18.1 Å².